The molecule has 1 saturated heterocycles. The Balaban J connectivity index is 1.44. The number of amides is 2. The summed E-state index contributed by atoms with van der Waals surface area (Å²) < 4.78 is 11.8. The number of hydrogen-bond acceptors (Lipinski definition) is 3. The van der Waals surface area contributed by atoms with Gasteiger partial charge in [-0.25, -0.2) is 4.79 Å². The molecule has 1 N–H and O–H groups in total. The molecule has 0 aromatic heterocycles. The van der Waals surface area contributed by atoms with Gasteiger partial charge in [-0.15, -0.1) is 0 Å². The molecule has 1 aliphatic carbocycles. The number of urea groups is 1. The van der Waals surface area contributed by atoms with Crippen LogP contribution < -0.4 is 10.1 Å². The van der Waals surface area contributed by atoms with E-state index in [4.69, 9.17) is 9.47 Å². The Morgan fingerprint density at radius 1 is 1.19 bits per heavy atom. The third-order valence-electron chi connectivity index (χ3n) is 5.30. The molecule has 5 nitrogen and oxygen atoms in total. The second kappa shape index (κ2) is 9.81. The van der Waals surface area contributed by atoms with E-state index in [9.17, 15) is 4.79 Å². The van der Waals surface area contributed by atoms with Crippen molar-refractivity contribution in [3.63, 3.8) is 0 Å². The van der Waals surface area contributed by atoms with E-state index in [0.717, 1.165) is 43.6 Å². The molecule has 2 amide bonds. The number of benzene rings is 1. The largest absolute Gasteiger partial charge is 0.490 e. The van der Waals surface area contributed by atoms with E-state index in [2.05, 4.69) is 5.32 Å². The highest BCUT2D eigenvalue weighted by Crippen LogP contribution is 2.24. The van der Waals surface area contributed by atoms with E-state index >= 15 is 0 Å². The SMILES string of the molecule is CN(CC1CCCCO1)C(=O)NCc1cccc(OC2CCCCC2)c1. The average Bonchev–Trinajstić information content (AvgIpc) is 2.68. The fraction of sp³-hybridized carbons (Fsp3) is 0.667. The third kappa shape index (κ3) is 5.90. The molecule has 144 valence electrons. The normalized spacial score (nSPS) is 21.2. The molecule has 2 fully saturated rings. The van der Waals surface area contributed by atoms with Gasteiger partial charge in [-0.05, 0) is 62.6 Å². The van der Waals surface area contributed by atoms with Gasteiger partial charge in [0.25, 0.3) is 0 Å². The summed E-state index contributed by atoms with van der Waals surface area (Å²) in [7, 11) is 1.83. The van der Waals surface area contributed by atoms with Crippen molar-refractivity contribution >= 4 is 6.03 Å². The predicted molar refractivity (Wildman–Crippen MR) is 102 cm³/mol. The van der Waals surface area contributed by atoms with Crippen LogP contribution in [0.4, 0.5) is 4.79 Å². The molecule has 0 bridgehead atoms. The quantitative estimate of drug-likeness (QED) is 0.831. The molecular weight excluding hydrogens is 328 g/mol. The predicted octanol–water partition coefficient (Wildman–Crippen LogP) is 4.11. The number of nitrogens with zero attached hydrogens (tertiary/aromatic N) is 1. The molecule has 3 rings (SSSR count). The molecule has 1 aromatic carbocycles. The Kier molecular flexibility index (Phi) is 7.18. The molecule has 2 aliphatic rings. The van der Waals surface area contributed by atoms with Gasteiger partial charge >= 0.3 is 6.03 Å². The van der Waals surface area contributed by atoms with E-state index in [1.807, 2.05) is 31.3 Å². The number of rotatable bonds is 6. The summed E-state index contributed by atoms with van der Waals surface area (Å²) in [4.78, 5) is 14.0. The maximum atomic E-state index is 12.3. The number of carbonyl (C=O) groups is 1. The van der Waals surface area contributed by atoms with Crippen molar-refractivity contribution in [2.45, 2.75) is 70.1 Å². The smallest absolute Gasteiger partial charge is 0.317 e. The average molecular weight is 360 g/mol. The number of nitrogens with one attached hydrogen (secondary N) is 1. The lowest BCUT2D eigenvalue weighted by Gasteiger charge is -2.27. The van der Waals surface area contributed by atoms with Gasteiger partial charge in [0, 0.05) is 26.7 Å². The van der Waals surface area contributed by atoms with Crippen LogP contribution in [0.15, 0.2) is 24.3 Å². The topological polar surface area (TPSA) is 50.8 Å². The minimum absolute atomic E-state index is 0.0576. The highest BCUT2D eigenvalue weighted by molar-refractivity contribution is 5.73. The molecule has 1 unspecified atom stereocenters. The number of carbonyl (C=O) groups excluding carboxylic acids is 1. The third-order valence-corrected chi connectivity index (χ3v) is 5.30. The number of ether oxygens (including phenoxy) is 2. The molecule has 5 heteroatoms. The van der Waals surface area contributed by atoms with Gasteiger partial charge in [0.05, 0.1) is 12.2 Å². The van der Waals surface area contributed by atoms with E-state index in [0.29, 0.717) is 19.2 Å². The number of hydrogen-bond donors (Lipinski definition) is 1. The van der Waals surface area contributed by atoms with E-state index < -0.39 is 0 Å². The Morgan fingerprint density at radius 2 is 2.00 bits per heavy atom. The molecule has 1 aromatic rings. The van der Waals surface area contributed by atoms with Crippen LogP contribution in [0.3, 0.4) is 0 Å². The van der Waals surface area contributed by atoms with Crippen molar-refractivity contribution < 1.29 is 14.3 Å². The summed E-state index contributed by atoms with van der Waals surface area (Å²) in [6.45, 7) is 1.97. The van der Waals surface area contributed by atoms with Crippen LogP contribution in [0.1, 0.15) is 56.9 Å². The Bertz CT molecular complexity index is 566. The maximum Gasteiger partial charge on any atom is 0.317 e. The van der Waals surface area contributed by atoms with Gasteiger partial charge in [0.1, 0.15) is 5.75 Å². The Labute approximate surface area is 157 Å². The van der Waals surface area contributed by atoms with Crippen molar-refractivity contribution in [3.8, 4) is 5.75 Å². The van der Waals surface area contributed by atoms with Crippen LogP contribution in [0.2, 0.25) is 0 Å². The summed E-state index contributed by atoms with van der Waals surface area (Å²) >= 11 is 0. The van der Waals surface area contributed by atoms with E-state index in [1.165, 1.54) is 25.7 Å². The second-order valence-electron chi connectivity index (χ2n) is 7.55. The van der Waals surface area contributed by atoms with Crippen molar-refractivity contribution in [3.05, 3.63) is 29.8 Å². The summed E-state index contributed by atoms with van der Waals surface area (Å²) in [5.41, 5.74) is 1.06. The molecular formula is C21H32N2O3. The lowest BCUT2D eigenvalue weighted by atomic mass is 9.98. The molecule has 1 aliphatic heterocycles. The van der Waals surface area contributed by atoms with Gasteiger partial charge in [-0.1, -0.05) is 18.6 Å². The van der Waals surface area contributed by atoms with Crippen molar-refractivity contribution in [1.29, 1.82) is 0 Å². The van der Waals surface area contributed by atoms with Crippen LogP contribution in [-0.2, 0) is 11.3 Å². The van der Waals surface area contributed by atoms with Crippen LogP contribution in [0.5, 0.6) is 5.75 Å². The number of likely N-dealkylation sites (N-methyl/N-ethyl adjacent to an activating group) is 1. The lowest BCUT2D eigenvalue weighted by Crippen LogP contribution is -2.42. The first-order chi connectivity index (χ1) is 12.7. The first-order valence-corrected chi connectivity index (χ1v) is 10.1. The first kappa shape index (κ1) is 19.0. The highest BCUT2D eigenvalue weighted by Gasteiger charge is 2.19. The molecule has 1 saturated carbocycles. The Morgan fingerprint density at radius 3 is 2.77 bits per heavy atom. The van der Waals surface area contributed by atoms with Crippen LogP contribution >= 0.6 is 0 Å². The van der Waals surface area contributed by atoms with E-state index in [-0.39, 0.29) is 12.1 Å². The van der Waals surface area contributed by atoms with Crippen molar-refractivity contribution in [1.82, 2.24) is 10.2 Å². The molecule has 1 heterocycles. The van der Waals surface area contributed by atoms with Crippen LogP contribution in [0, 0.1) is 0 Å². The summed E-state index contributed by atoms with van der Waals surface area (Å²) in [5, 5.41) is 3.00. The zero-order valence-corrected chi connectivity index (χ0v) is 15.9. The summed E-state index contributed by atoms with van der Waals surface area (Å²) in [5.74, 6) is 0.910. The second-order valence-corrected chi connectivity index (χ2v) is 7.55. The minimum atomic E-state index is -0.0576. The fourth-order valence-corrected chi connectivity index (χ4v) is 3.76. The highest BCUT2D eigenvalue weighted by atomic mass is 16.5. The van der Waals surface area contributed by atoms with E-state index in [1.54, 1.807) is 4.90 Å². The van der Waals surface area contributed by atoms with Gasteiger partial charge in [-0.3, -0.25) is 0 Å². The maximum absolute atomic E-state index is 12.3. The first-order valence-electron chi connectivity index (χ1n) is 10.1. The molecule has 0 radical (unpaired) electrons. The zero-order chi connectivity index (χ0) is 18.2. The van der Waals surface area contributed by atoms with Gasteiger partial charge in [-0.2, -0.15) is 0 Å². The van der Waals surface area contributed by atoms with Crippen molar-refractivity contribution in [2.24, 2.45) is 0 Å². The summed E-state index contributed by atoms with van der Waals surface area (Å²) in [6, 6.07) is 8.01. The Hall–Kier alpha value is -1.75. The minimum Gasteiger partial charge on any atom is -0.490 e. The summed E-state index contributed by atoms with van der Waals surface area (Å²) in [6.07, 6.45) is 10.0. The van der Waals surface area contributed by atoms with Crippen LogP contribution in [0.25, 0.3) is 0 Å². The standard InChI is InChI=1S/C21H32N2O3/c1-23(16-20-11-5-6-13-25-20)21(24)22-15-17-8-7-12-19(14-17)26-18-9-3-2-4-10-18/h7-8,12,14,18,20H,2-6,9-11,13,15-16H2,1H3,(H,22,24). The van der Waals surface area contributed by atoms with Gasteiger partial charge in [0.2, 0.25) is 0 Å². The molecule has 0 spiro atoms. The van der Waals surface area contributed by atoms with Crippen LogP contribution in [-0.4, -0.2) is 43.3 Å². The zero-order valence-electron chi connectivity index (χ0n) is 15.9. The fourth-order valence-electron chi connectivity index (χ4n) is 3.76. The molecule has 26 heavy (non-hydrogen) atoms. The lowest BCUT2D eigenvalue weighted by molar-refractivity contribution is 0.00385. The monoisotopic (exact) mass is 360 g/mol. The molecule has 1 atom stereocenters. The van der Waals surface area contributed by atoms with Gasteiger partial charge < -0.3 is 19.7 Å². The van der Waals surface area contributed by atoms with Crippen molar-refractivity contribution in [2.75, 3.05) is 20.2 Å². The van der Waals surface area contributed by atoms with Gasteiger partial charge in [0.15, 0.2) is 0 Å².